The number of aromatic nitrogens is 1. The quantitative estimate of drug-likeness (QED) is 0.601. The summed E-state index contributed by atoms with van der Waals surface area (Å²) in [5, 5.41) is 0. The molecular weight excluding hydrogens is 362 g/mol. The van der Waals surface area contributed by atoms with Crippen molar-refractivity contribution in [3.8, 4) is 0 Å². The second kappa shape index (κ2) is 10.7. The van der Waals surface area contributed by atoms with Crippen molar-refractivity contribution in [1.82, 2.24) is 9.88 Å². The Bertz CT molecular complexity index is 770. The largest absolute Gasteiger partial charge is 0.367 e. The minimum absolute atomic E-state index is 0.0759. The number of para-hydroxylation sites is 1. The monoisotopic (exact) mass is 393 g/mol. The van der Waals surface area contributed by atoms with E-state index in [1.807, 2.05) is 42.3 Å². The van der Waals surface area contributed by atoms with E-state index >= 15 is 0 Å². The van der Waals surface area contributed by atoms with Gasteiger partial charge in [0.1, 0.15) is 6.29 Å². The van der Waals surface area contributed by atoms with Gasteiger partial charge < -0.3 is 14.6 Å². The Kier molecular flexibility index (Phi) is 7.79. The zero-order valence-electron chi connectivity index (χ0n) is 17.3. The van der Waals surface area contributed by atoms with Crippen molar-refractivity contribution >= 4 is 17.9 Å². The van der Waals surface area contributed by atoms with Gasteiger partial charge in [-0.25, -0.2) is 0 Å². The fraction of sp³-hybridized carbons (Fsp3) is 0.458. The predicted octanol–water partition coefficient (Wildman–Crippen LogP) is 4.15. The molecule has 1 saturated carbocycles. The molecule has 0 saturated heterocycles. The third-order valence-electron chi connectivity index (χ3n) is 5.67. The Morgan fingerprint density at radius 2 is 1.86 bits per heavy atom. The Hall–Kier alpha value is -2.69. The highest BCUT2D eigenvalue weighted by atomic mass is 16.2. The van der Waals surface area contributed by atoms with Crippen LogP contribution in [-0.4, -0.2) is 41.2 Å². The first-order valence-electron chi connectivity index (χ1n) is 10.6. The molecule has 1 heterocycles. The zero-order chi connectivity index (χ0) is 20.5. The van der Waals surface area contributed by atoms with Crippen LogP contribution in [0.1, 0.15) is 49.8 Å². The van der Waals surface area contributed by atoms with Crippen LogP contribution in [0.2, 0.25) is 0 Å². The summed E-state index contributed by atoms with van der Waals surface area (Å²) >= 11 is 0. The number of anilines is 1. The van der Waals surface area contributed by atoms with Gasteiger partial charge in [0.25, 0.3) is 0 Å². The summed E-state index contributed by atoms with van der Waals surface area (Å²) in [5.41, 5.74) is 3.19. The number of pyridine rings is 1. The van der Waals surface area contributed by atoms with Gasteiger partial charge in [-0.3, -0.25) is 9.78 Å². The number of hydrogen-bond acceptors (Lipinski definition) is 4. The molecule has 0 radical (unpaired) electrons. The summed E-state index contributed by atoms with van der Waals surface area (Å²) in [5.74, 6) is 0.0759. The maximum Gasteiger partial charge on any atom is 0.224 e. The molecule has 5 heteroatoms. The van der Waals surface area contributed by atoms with Crippen LogP contribution < -0.4 is 4.90 Å². The van der Waals surface area contributed by atoms with Gasteiger partial charge in [0.2, 0.25) is 5.91 Å². The predicted molar refractivity (Wildman–Crippen MR) is 116 cm³/mol. The minimum atomic E-state index is 0.0759. The molecule has 5 nitrogen and oxygen atoms in total. The van der Waals surface area contributed by atoms with Crippen LogP contribution >= 0.6 is 0 Å². The molecule has 3 rings (SSSR count). The lowest BCUT2D eigenvalue weighted by atomic mass is 9.94. The number of aldehydes is 1. The smallest absolute Gasteiger partial charge is 0.224 e. The van der Waals surface area contributed by atoms with E-state index < -0.39 is 0 Å². The van der Waals surface area contributed by atoms with Crippen LogP contribution in [0.15, 0.2) is 48.7 Å². The lowest BCUT2D eigenvalue weighted by Gasteiger charge is -2.34. The van der Waals surface area contributed by atoms with E-state index in [1.54, 1.807) is 0 Å². The molecule has 2 aromatic rings. The van der Waals surface area contributed by atoms with Crippen LogP contribution in [0.3, 0.4) is 0 Å². The number of hydrogen-bond donors (Lipinski definition) is 0. The first-order chi connectivity index (χ1) is 14.2. The number of benzene rings is 1. The van der Waals surface area contributed by atoms with Crippen molar-refractivity contribution in [1.29, 1.82) is 0 Å². The van der Waals surface area contributed by atoms with Crippen molar-refractivity contribution < 1.29 is 9.59 Å². The first kappa shape index (κ1) is 21.0. The number of carbonyl (C=O) groups is 2. The second-order valence-electron chi connectivity index (χ2n) is 7.82. The van der Waals surface area contributed by atoms with Gasteiger partial charge in [0.15, 0.2) is 0 Å². The SMILES string of the molecule is Cc1ccc(CN(CCC(=O)N(CC=O)C2CCCCC2)c2ccccc2)cn1. The molecule has 154 valence electrons. The molecule has 1 aromatic heterocycles. The van der Waals surface area contributed by atoms with E-state index in [9.17, 15) is 9.59 Å². The molecule has 0 unspecified atom stereocenters. The van der Waals surface area contributed by atoms with Crippen LogP contribution in [0, 0.1) is 6.92 Å². The second-order valence-corrected chi connectivity index (χ2v) is 7.82. The zero-order valence-corrected chi connectivity index (χ0v) is 17.3. The highest BCUT2D eigenvalue weighted by Gasteiger charge is 2.25. The molecule has 0 atom stereocenters. The summed E-state index contributed by atoms with van der Waals surface area (Å²) in [6.45, 7) is 3.49. The lowest BCUT2D eigenvalue weighted by Crippen LogP contribution is -2.43. The number of rotatable bonds is 9. The molecular formula is C24H31N3O2. The summed E-state index contributed by atoms with van der Waals surface area (Å²) in [6.07, 6.45) is 8.69. The first-order valence-corrected chi connectivity index (χ1v) is 10.6. The fourth-order valence-electron chi connectivity index (χ4n) is 4.05. The summed E-state index contributed by atoms with van der Waals surface area (Å²) < 4.78 is 0. The van der Waals surface area contributed by atoms with Crippen LogP contribution in [0.25, 0.3) is 0 Å². The van der Waals surface area contributed by atoms with Gasteiger partial charge in [0.05, 0.1) is 6.54 Å². The average Bonchev–Trinajstić information content (AvgIpc) is 2.77. The molecule has 0 bridgehead atoms. The van der Waals surface area contributed by atoms with Crippen LogP contribution in [-0.2, 0) is 16.1 Å². The summed E-state index contributed by atoms with van der Waals surface area (Å²) in [4.78, 5) is 32.6. The van der Waals surface area contributed by atoms with E-state index in [0.717, 1.165) is 48.9 Å². The van der Waals surface area contributed by atoms with Gasteiger partial charge in [-0.2, -0.15) is 0 Å². The van der Waals surface area contributed by atoms with Gasteiger partial charge in [-0.15, -0.1) is 0 Å². The Balaban J connectivity index is 1.68. The Morgan fingerprint density at radius 3 is 2.52 bits per heavy atom. The Morgan fingerprint density at radius 1 is 1.10 bits per heavy atom. The average molecular weight is 394 g/mol. The molecule has 1 aliphatic carbocycles. The van der Waals surface area contributed by atoms with Crippen molar-refractivity contribution in [2.45, 2.75) is 58.0 Å². The van der Waals surface area contributed by atoms with Crippen molar-refractivity contribution in [3.05, 3.63) is 59.9 Å². The summed E-state index contributed by atoms with van der Waals surface area (Å²) in [6, 6.07) is 14.5. The van der Waals surface area contributed by atoms with E-state index in [-0.39, 0.29) is 18.5 Å². The third-order valence-corrected chi connectivity index (χ3v) is 5.67. The van der Waals surface area contributed by atoms with Crippen LogP contribution in [0.5, 0.6) is 0 Å². The molecule has 1 aliphatic rings. The lowest BCUT2D eigenvalue weighted by molar-refractivity contribution is -0.136. The minimum Gasteiger partial charge on any atom is -0.367 e. The maximum absolute atomic E-state index is 13.0. The molecule has 1 amide bonds. The van der Waals surface area contributed by atoms with E-state index in [1.165, 1.54) is 6.42 Å². The number of amides is 1. The van der Waals surface area contributed by atoms with Crippen molar-refractivity contribution in [2.75, 3.05) is 18.0 Å². The molecule has 0 spiro atoms. The highest BCUT2D eigenvalue weighted by molar-refractivity contribution is 5.79. The van der Waals surface area contributed by atoms with Gasteiger partial charge in [-0.1, -0.05) is 43.5 Å². The molecule has 0 N–H and O–H groups in total. The van der Waals surface area contributed by atoms with Gasteiger partial charge in [-0.05, 0) is 43.5 Å². The molecule has 1 fully saturated rings. The fourth-order valence-corrected chi connectivity index (χ4v) is 4.05. The normalized spacial score (nSPS) is 14.4. The highest BCUT2D eigenvalue weighted by Crippen LogP contribution is 2.23. The van der Waals surface area contributed by atoms with E-state index in [2.05, 4.69) is 28.1 Å². The van der Waals surface area contributed by atoms with Gasteiger partial charge >= 0.3 is 0 Å². The van der Waals surface area contributed by atoms with Gasteiger partial charge in [0, 0.05) is 43.1 Å². The van der Waals surface area contributed by atoms with E-state index in [0.29, 0.717) is 19.5 Å². The third kappa shape index (κ3) is 6.14. The topological polar surface area (TPSA) is 53.5 Å². The maximum atomic E-state index is 13.0. The number of aryl methyl sites for hydroxylation is 1. The van der Waals surface area contributed by atoms with Crippen molar-refractivity contribution in [2.24, 2.45) is 0 Å². The van der Waals surface area contributed by atoms with Crippen LogP contribution in [0.4, 0.5) is 5.69 Å². The number of nitrogens with zero attached hydrogens (tertiary/aromatic N) is 3. The number of carbonyl (C=O) groups excluding carboxylic acids is 2. The standard InChI is InChI=1S/C24H31N3O2/c1-20-12-13-21(18-25-20)19-26(22-8-4-2-5-9-22)15-14-24(29)27(16-17-28)23-10-6-3-7-11-23/h2,4-5,8-9,12-13,17-18,23H,3,6-7,10-11,14-16,19H2,1H3. The van der Waals surface area contributed by atoms with E-state index in [4.69, 9.17) is 0 Å². The molecule has 1 aromatic carbocycles. The molecule has 29 heavy (non-hydrogen) atoms. The Labute approximate surface area is 173 Å². The molecule has 0 aliphatic heterocycles. The van der Waals surface area contributed by atoms with Crippen molar-refractivity contribution in [3.63, 3.8) is 0 Å². The summed E-state index contributed by atoms with van der Waals surface area (Å²) in [7, 11) is 0.